The van der Waals surface area contributed by atoms with E-state index in [-0.39, 0.29) is 6.04 Å². The number of thiol groups is 1. The third-order valence-corrected chi connectivity index (χ3v) is 9.36. The van der Waals surface area contributed by atoms with E-state index in [0.29, 0.717) is 18.4 Å². The number of nitrogens with one attached hydrogen (secondary N) is 1. The fourth-order valence-electron chi connectivity index (χ4n) is 6.85. The third-order valence-electron chi connectivity index (χ3n) is 9.14. The fraction of sp³-hybridized carbons (Fsp3) is 0.429. The minimum atomic E-state index is 0.224. The zero-order valence-corrected chi connectivity index (χ0v) is 27.1. The van der Waals surface area contributed by atoms with Crippen molar-refractivity contribution in [3.8, 4) is 11.5 Å². The number of hydrogen-bond acceptors (Lipinski definition) is 11. The van der Waals surface area contributed by atoms with Crippen molar-refractivity contribution >= 4 is 48.3 Å². The lowest BCUT2D eigenvalue weighted by atomic mass is 9.85. The summed E-state index contributed by atoms with van der Waals surface area (Å²) in [6.07, 6.45) is 17.3. The summed E-state index contributed by atoms with van der Waals surface area (Å²) < 4.78 is 11.5. The van der Waals surface area contributed by atoms with E-state index in [1.54, 1.807) is 12.5 Å². The van der Waals surface area contributed by atoms with Gasteiger partial charge in [0, 0.05) is 68.1 Å². The van der Waals surface area contributed by atoms with Gasteiger partial charge in [-0.1, -0.05) is 5.57 Å². The summed E-state index contributed by atoms with van der Waals surface area (Å²) in [5, 5.41) is 3.30. The molecular formula is C35H40N8O2S. The monoisotopic (exact) mass is 636 g/mol. The van der Waals surface area contributed by atoms with Gasteiger partial charge in [0.15, 0.2) is 5.76 Å². The lowest BCUT2D eigenvalue weighted by Crippen LogP contribution is -2.38. The third kappa shape index (κ3) is 6.65. The molecule has 4 aliphatic rings. The molecule has 0 amide bonds. The van der Waals surface area contributed by atoms with Crippen molar-refractivity contribution in [2.75, 3.05) is 43.4 Å². The Morgan fingerprint density at radius 1 is 1.15 bits per heavy atom. The first-order valence-electron chi connectivity index (χ1n) is 16.3. The van der Waals surface area contributed by atoms with Crippen LogP contribution >= 0.6 is 12.6 Å². The summed E-state index contributed by atoms with van der Waals surface area (Å²) in [6.45, 7) is 5.94. The Labute approximate surface area is 275 Å². The Hall–Kier alpha value is -4.25. The molecule has 11 heteroatoms. The number of anilines is 1. The van der Waals surface area contributed by atoms with E-state index in [1.165, 1.54) is 23.1 Å². The topological polar surface area (TPSA) is 117 Å². The Morgan fingerprint density at radius 3 is 2.91 bits per heavy atom. The number of furan rings is 2. The van der Waals surface area contributed by atoms with Gasteiger partial charge in [0.2, 0.25) is 11.9 Å². The smallest absolute Gasteiger partial charge is 0.226 e. The molecule has 0 saturated carbocycles. The van der Waals surface area contributed by atoms with Crippen molar-refractivity contribution in [1.82, 2.24) is 15.3 Å². The molecule has 0 radical (unpaired) electrons. The van der Waals surface area contributed by atoms with Gasteiger partial charge >= 0.3 is 0 Å². The predicted molar refractivity (Wildman–Crippen MR) is 188 cm³/mol. The second-order valence-electron chi connectivity index (χ2n) is 12.2. The number of hydrogen-bond donors (Lipinski definition) is 2. The highest BCUT2D eigenvalue weighted by atomic mass is 32.1. The van der Waals surface area contributed by atoms with Crippen molar-refractivity contribution in [2.24, 2.45) is 25.9 Å². The van der Waals surface area contributed by atoms with Crippen molar-refractivity contribution < 1.29 is 8.83 Å². The fourth-order valence-corrected chi connectivity index (χ4v) is 6.96. The van der Waals surface area contributed by atoms with Crippen LogP contribution in [0.4, 0.5) is 5.95 Å². The molecule has 238 valence electrons. The van der Waals surface area contributed by atoms with Crippen LogP contribution in [0.5, 0.6) is 0 Å². The summed E-state index contributed by atoms with van der Waals surface area (Å²) in [7, 11) is 0. The quantitative estimate of drug-likeness (QED) is 0.293. The Bertz CT molecular complexity index is 1730. The first kappa shape index (κ1) is 30.4. The maximum Gasteiger partial charge on any atom is 0.226 e. The van der Waals surface area contributed by atoms with Crippen molar-refractivity contribution in [3.63, 3.8) is 0 Å². The zero-order valence-electron chi connectivity index (χ0n) is 26.2. The van der Waals surface area contributed by atoms with Gasteiger partial charge in [-0.15, -0.1) is 0 Å². The molecule has 1 saturated heterocycles. The predicted octanol–water partition coefficient (Wildman–Crippen LogP) is 6.01. The molecule has 2 atom stereocenters. The summed E-state index contributed by atoms with van der Waals surface area (Å²) in [4.78, 5) is 31.4. The first-order valence-corrected chi connectivity index (χ1v) is 16.9. The molecule has 3 aromatic rings. The molecule has 10 nitrogen and oxygen atoms in total. The second-order valence-corrected chi connectivity index (χ2v) is 12.7. The standard InChI is InChI=1S/C35H40N8O2S/c1-23-28(9-16-44-23)32-30(20-39-34(41-32)38-13-17-46)26-8-12-37-27(19-26)18-24-4-2-14-43(22-24)35-40-21-29(25-6-10-36-11-7-25)33(42-35)31-5-3-15-45-31/h3,5-6,9-10,12,15-16,21,24,27,46H,2,4,7-8,11,13-14,17-20,22H2,1H3,(H,38,39)/b30-26+. The van der Waals surface area contributed by atoms with Crippen LogP contribution in [0.2, 0.25) is 0 Å². The lowest BCUT2D eigenvalue weighted by Gasteiger charge is -2.35. The molecule has 2 unspecified atom stereocenters. The summed E-state index contributed by atoms with van der Waals surface area (Å²) >= 11 is 4.33. The van der Waals surface area contributed by atoms with Gasteiger partial charge in [0.05, 0.1) is 30.8 Å². The molecule has 0 aliphatic carbocycles. The molecule has 0 aromatic carbocycles. The Morgan fingerprint density at radius 2 is 2.11 bits per heavy atom. The van der Waals surface area contributed by atoms with Gasteiger partial charge in [0.25, 0.3) is 0 Å². The first-order chi connectivity index (χ1) is 22.7. The van der Waals surface area contributed by atoms with Gasteiger partial charge in [-0.3, -0.25) is 9.98 Å². The minimum absolute atomic E-state index is 0.224. The SMILES string of the molecule is Cc1occc1C1=NC(NCCS)=NC/C1=C1/CC=NC(CC2CCCN(c3ncc(C4=CC=NCC4)c(-c4ccco4)n3)C2)C1. The second kappa shape index (κ2) is 14.0. The van der Waals surface area contributed by atoms with Gasteiger partial charge in [-0.25, -0.2) is 20.0 Å². The van der Waals surface area contributed by atoms with Crippen molar-refractivity contribution in [3.05, 3.63) is 71.0 Å². The van der Waals surface area contributed by atoms with Crippen LogP contribution in [0.15, 0.2) is 82.9 Å². The summed E-state index contributed by atoms with van der Waals surface area (Å²) in [6, 6.07) is 6.11. The number of piperidine rings is 1. The van der Waals surface area contributed by atoms with E-state index in [0.717, 1.165) is 104 Å². The maximum absolute atomic E-state index is 5.82. The lowest BCUT2D eigenvalue weighted by molar-refractivity contribution is 0.357. The van der Waals surface area contributed by atoms with Gasteiger partial charge < -0.3 is 19.1 Å². The number of aryl methyl sites for hydroxylation is 1. The van der Waals surface area contributed by atoms with Crippen LogP contribution in [-0.2, 0) is 0 Å². The average Bonchev–Trinajstić information content (AvgIpc) is 3.80. The Balaban J connectivity index is 1.08. The van der Waals surface area contributed by atoms with Gasteiger partial charge in [0.1, 0.15) is 11.5 Å². The zero-order chi connectivity index (χ0) is 31.3. The van der Waals surface area contributed by atoms with E-state index >= 15 is 0 Å². The van der Waals surface area contributed by atoms with E-state index in [9.17, 15) is 0 Å². The molecule has 7 rings (SSSR count). The number of guanidine groups is 1. The van der Waals surface area contributed by atoms with Crippen LogP contribution in [0, 0.1) is 12.8 Å². The van der Waals surface area contributed by atoms with Crippen LogP contribution in [0.25, 0.3) is 17.0 Å². The van der Waals surface area contributed by atoms with E-state index < -0.39 is 0 Å². The van der Waals surface area contributed by atoms with Gasteiger partial charge in [-0.2, -0.15) is 12.6 Å². The highest BCUT2D eigenvalue weighted by Crippen LogP contribution is 2.34. The average molecular weight is 637 g/mol. The number of nitrogens with zero attached hydrogens (tertiary/aromatic N) is 7. The van der Waals surface area contributed by atoms with Crippen LogP contribution in [-0.4, -0.2) is 78.6 Å². The molecule has 1 N–H and O–H groups in total. The van der Waals surface area contributed by atoms with Gasteiger partial charge in [-0.05, 0) is 80.4 Å². The highest BCUT2D eigenvalue weighted by Gasteiger charge is 2.29. The highest BCUT2D eigenvalue weighted by molar-refractivity contribution is 7.80. The van der Waals surface area contributed by atoms with Crippen LogP contribution < -0.4 is 10.2 Å². The minimum Gasteiger partial charge on any atom is -0.469 e. The van der Waals surface area contributed by atoms with E-state index in [2.05, 4.69) is 40.1 Å². The van der Waals surface area contributed by atoms with Crippen LogP contribution in [0.3, 0.4) is 0 Å². The number of aromatic nitrogens is 2. The molecule has 7 heterocycles. The summed E-state index contributed by atoms with van der Waals surface area (Å²) in [5.74, 6) is 4.27. The molecule has 0 bridgehead atoms. The molecule has 0 spiro atoms. The molecule has 1 fully saturated rings. The molecule has 4 aliphatic heterocycles. The largest absolute Gasteiger partial charge is 0.469 e. The van der Waals surface area contributed by atoms with Crippen molar-refractivity contribution in [2.45, 2.75) is 51.5 Å². The van der Waals surface area contributed by atoms with Crippen LogP contribution in [0.1, 0.15) is 55.4 Å². The van der Waals surface area contributed by atoms with Crippen molar-refractivity contribution in [1.29, 1.82) is 0 Å². The number of dihydropyridines is 1. The van der Waals surface area contributed by atoms with E-state index in [4.69, 9.17) is 33.8 Å². The van der Waals surface area contributed by atoms with E-state index in [1.807, 2.05) is 37.5 Å². The summed E-state index contributed by atoms with van der Waals surface area (Å²) in [5.41, 5.74) is 7.60. The molecule has 3 aromatic heterocycles. The molecule has 46 heavy (non-hydrogen) atoms. The maximum atomic E-state index is 5.82. The Kier molecular flexibility index (Phi) is 9.27. The number of rotatable bonds is 8. The number of aliphatic imine (C=N–C) groups is 4. The molecular weight excluding hydrogens is 597 g/mol. The number of allylic oxidation sites excluding steroid dienone is 1. The normalized spacial score (nSPS) is 23.3.